The van der Waals surface area contributed by atoms with E-state index in [1.54, 1.807) is 24.3 Å². The lowest BCUT2D eigenvalue weighted by Gasteiger charge is -2.26. The number of aryl methyl sites for hydroxylation is 1. The van der Waals surface area contributed by atoms with Crippen LogP contribution >= 0.6 is 0 Å². The molecule has 0 atom stereocenters. The first-order valence-electron chi connectivity index (χ1n) is 13.5. The van der Waals surface area contributed by atoms with Gasteiger partial charge in [-0.05, 0) is 71.7 Å². The summed E-state index contributed by atoms with van der Waals surface area (Å²) in [6.45, 7) is 7.79. The van der Waals surface area contributed by atoms with Crippen molar-refractivity contribution in [3.05, 3.63) is 70.7 Å². The lowest BCUT2D eigenvalue weighted by Crippen LogP contribution is -2.41. The van der Waals surface area contributed by atoms with Gasteiger partial charge in [0.2, 0.25) is 10.0 Å². The van der Waals surface area contributed by atoms with E-state index in [9.17, 15) is 17.6 Å². The fourth-order valence-corrected chi connectivity index (χ4v) is 6.54. The Bertz CT molecular complexity index is 1470. The van der Waals surface area contributed by atoms with Crippen molar-refractivity contribution in [2.45, 2.75) is 43.9 Å². The van der Waals surface area contributed by atoms with Gasteiger partial charge in [0.15, 0.2) is 6.29 Å². The van der Waals surface area contributed by atoms with Gasteiger partial charge in [-0.3, -0.25) is 14.7 Å². The molecule has 0 amide bonds. The fraction of sp³-hybridized carbons (Fsp3) is 0.400. The Kier molecular flexibility index (Phi) is 8.23. The van der Waals surface area contributed by atoms with E-state index in [2.05, 4.69) is 9.62 Å². The van der Waals surface area contributed by atoms with E-state index in [1.165, 1.54) is 12.1 Å². The predicted molar refractivity (Wildman–Crippen MR) is 149 cm³/mol. The molecule has 2 aliphatic rings. The molecule has 206 valence electrons. The Labute approximate surface area is 229 Å². The van der Waals surface area contributed by atoms with Crippen molar-refractivity contribution in [3.8, 4) is 22.4 Å². The van der Waals surface area contributed by atoms with E-state index in [4.69, 9.17) is 9.72 Å². The van der Waals surface area contributed by atoms with Crippen LogP contribution in [0.5, 0.6) is 0 Å². The number of ether oxygens (including phenoxy) is 1. The first kappa shape index (κ1) is 27.6. The van der Waals surface area contributed by atoms with Crippen LogP contribution < -0.4 is 4.72 Å². The number of nitrogens with one attached hydrogen (secondary N) is 1. The van der Waals surface area contributed by atoms with Gasteiger partial charge in [-0.25, -0.2) is 17.5 Å². The van der Waals surface area contributed by atoms with Crippen molar-refractivity contribution in [1.29, 1.82) is 0 Å². The van der Waals surface area contributed by atoms with Gasteiger partial charge in [-0.2, -0.15) is 0 Å². The van der Waals surface area contributed by atoms with Crippen molar-refractivity contribution in [1.82, 2.24) is 14.6 Å². The first-order valence-corrected chi connectivity index (χ1v) is 15.0. The van der Waals surface area contributed by atoms with Crippen molar-refractivity contribution in [3.63, 3.8) is 0 Å². The van der Waals surface area contributed by atoms with Gasteiger partial charge in [0, 0.05) is 37.3 Å². The molecule has 7 nitrogen and oxygen atoms in total. The number of pyridine rings is 1. The van der Waals surface area contributed by atoms with Gasteiger partial charge in [0.1, 0.15) is 5.82 Å². The monoisotopic (exact) mass is 551 g/mol. The highest BCUT2D eigenvalue weighted by Crippen LogP contribution is 2.41. The van der Waals surface area contributed by atoms with Gasteiger partial charge in [0.25, 0.3) is 0 Å². The molecule has 1 saturated heterocycles. The smallest absolute Gasteiger partial charge is 0.240 e. The second kappa shape index (κ2) is 11.6. The maximum Gasteiger partial charge on any atom is 0.240 e. The molecular formula is C30H34FN3O4S. The molecule has 9 heteroatoms. The Morgan fingerprint density at radius 3 is 2.54 bits per heavy atom. The number of sulfonamides is 1. The molecule has 1 aliphatic heterocycles. The van der Waals surface area contributed by atoms with Crippen LogP contribution in [0.15, 0.2) is 47.4 Å². The van der Waals surface area contributed by atoms with E-state index in [-0.39, 0.29) is 16.6 Å². The summed E-state index contributed by atoms with van der Waals surface area (Å²) in [5.41, 5.74) is 6.02. The molecule has 0 unspecified atom stereocenters. The molecule has 1 fully saturated rings. The average molecular weight is 552 g/mol. The maximum absolute atomic E-state index is 13.8. The number of morpholine rings is 1. The van der Waals surface area contributed by atoms with Crippen molar-refractivity contribution in [2.24, 2.45) is 0 Å². The molecule has 2 aromatic carbocycles. The third kappa shape index (κ3) is 5.82. The van der Waals surface area contributed by atoms with E-state index in [0.717, 1.165) is 60.0 Å². The second-order valence-corrected chi connectivity index (χ2v) is 12.2. The summed E-state index contributed by atoms with van der Waals surface area (Å²) in [6.07, 6.45) is 3.08. The standard InChI is InChI=1S/C30H34FN3O4S/c1-20(2)29-27(19-35)28(22-6-9-23(31)10-7-22)25-5-3-4-21-8-11-24(18-26(21)30(25)33-29)39(36,37)32-12-13-34-14-16-38-17-15-34/h6-11,18-20,32H,3-5,12-17H2,1-2H3. The number of carbonyl (C=O) groups excluding carboxylic acids is 1. The predicted octanol–water partition coefficient (Wildman–Crippen LogP) is 4.59. The lowest BCUT2D eigenvalue weighted by atomic mass is 9.87. The summed E-state index contributed by atoms with van der Waals surface area (Å²) in [5, 5.41) is 0. The van der Waals surface area contributed by atoms with E-state index < -0.39 is 10.0 Å². The third-order valence-electron chi connectivity index (χ3n) is 7.51. The van der Waals surface area contributed by atoms with Gasteiger partial charge in [-0.15, -0.1) is 0 Å². The molecule has 0 spiro atoms. The number of nitrogens with zero attached hydrogens (tertiary/aromatic N) is 2. The topological polar surface area (TPSA) is 88.6 Å². The number of rotatable bonds is 8. The largest absolute Gasteiger partial charge is 0.379 e. The van der Waals surface area contributed by atoms with Crippen LogP contribution in [0.3, 0.4) is 0 Å². The molecule has 5 rings (SSSR count). The minimum atomic E-state index is -3.75. The van der Waals surface area contributed by atoms with Crippen LogP contribution in [-0.4, -0.2) is 64.0 Å². The molecule has 0 saturated carbocycles. The molecule has 39 heavy (non-hydrogen) atoms. The molecule has 1 N–H and O–H groups in total. The number of benzene rings is 2. The molecule has 0 radical (unpaired) electrons. The summed E-state index contributed by atoms with van der Waals surface area (Å²) in [7, 11) is -3.75. The zero-order valence-electron chi connectivity index (χ0n) is 22.4. The van der Waals surface area contributed by atoms with Gasteiger partial charge in [0.05, 0.1) is 29.5 Å². The van der Waals surface area contributed by atoms with Crippen LogP contribution in [-0.2, 0) is 27.6 Å². The number of carbonyl (C=O) groups is 1. The molecule has 1 aromatic heterocycles. The second-order valence-electron chi connectivity index (χ2n) is 10.4. The molecular weight excluding hydrogens is 517 g/mol. The van der Waals surface area contributed by atoms with E-state index in [0.29, 0.717) is 49.7 Å². The van der Waals surface area contributed by atoms with Crippen molar-refractivity contribution in [2.75, 3.05) is 39.4 Å². The highest BCUT2D eigenvalue weighted by Gasteiger charge is 2.27. The van der Waals surface area contributed by atoms with Crippen LogP contribution in [0.25, 0.3) is 22.4 Å². The number of fused-ring (bicyclic) bond motifs is 3. The summed E-state index contributed by atoms with van der Waals surface area (Å²) >= 11 is 0. The average Bonchev–Trinajstić information content (AvgIpc) is 3.11. The number of aromatic nitrogens is 1. The zero-order valence-corrected chi connectivity index (χ0v) is 23.2. The van der Waals surface area contributed by atoms with Gasteiger partial charge in [-0.1, -0.05) is 32.0 Å². The Morgan fingerprint density at radius 1 is 1.10 bits per heavy atom. The minimum absolute atomic E-state index is 0.0461. The Morgan fingerprint density at radius 2 is 1.85 bits per heavy atom. The summed E-state index contributed by atoms with van der Waals surface area (Å²) in [5.74, 6) is -0.396. The Balaban J connectivity index is 1.58. The number of aldehydes is 1. The number of halogens is 1. The van der Waals surface area contributed by atoms with E-state index in [1.807, 2.05) is 19.9 Å². The van der Waals surface area contributed by atoms with Crippen LogP contribution in [0.1, 0.15) is 53.4 Å². The van der Waals surface area contributed by atoms with Crippen LogP contribution in [0, 0.1) is 5.82 Å². The van der Waals surface area contributed by atoms with Crippen LogP contribution in [0.2, 0.25) is 0 Å². The van der Waals surface area contributed by atoms with Crippen molar-refractivity contribution < 1.29 is 22.3 Å². The maximum atomic E-state index is 13.8. The summed E-state index contributed by atoms with van der Waals surface area (Å²) in [6, 6.07) is 11.4. The molecule has 1 aliphatic carbocycles. The van der Waals surface area contributed by atoms with E-state index >= 15 is 0 Å². The third-order valence-corrected chi connectivity index (χ3v) is 8.96. The zero-order chi connectivity index (χ0) is 27.6. The highest BCUT2D eigenvalue weighted by atomic mass is 32.2. The number of hydrogen-bond acceptors (Lipinski definition) is 6. The van der Waals surface area contributed by atoms with Gasteiger partial charge < -0.3 is 4.74 Å². The fourth-order valence-electron chi connectivity index (χ4n) is 5.49. The molecule has 3 aromatic rings. The SMILES string of the molecule is CC(C)c1nc2c(c(-c3ccc(F)cc3)c1C=O)CCCc1ccc(S(=O)(=O)NCCN3CCOCC3)cc1-2. The minimum Gasteiger partial charge on any atom is -0.379 e. The normalized spacial score (nSPS) is 16.0. The van der Waals surface area contributed by atoms with Crippen molar-refractivity contribution >= 4 is 16.3 Å². The van der Waals surface area contributed by atoms with Crippen LogP contribution in [0.4, 0.5) is 4.39 Å². The summed E-state index contributed by atoms with van der Waals surface area (Å²) in [4.78, 5) is 19.8. The first-order chi connectivity index (χ1) is 18.8. The summed E-state index contributed by atoms with van der Waals surface area (Å²) < 4.78 is 48.5. The number of hydrogen-bond donors (Lipinski definition) is 1. The van der Waals surface area contributed by atoms with Gasteiger partial charge >= 0.3 is 0 Å². The lowest BCUT2D eigenvalue weighted by molar-refractivity contribution is 0.0390. The quantitative estimate of drug-likeness (QED) is 0.412. The highest BCUT2D eigenvalue weighted by molar-refractivity contribution is 7.89. The molecule has 0 bridgehead atoms. The molecule has 2 heterocycles. The Hall–Kier alpha value is -2.98.